The molecule has 1 saturated heterocycles. The highest BCUT2D eigenvalue weighted by molar-refractivity contribution is 7.94. The van der Waals surface area contributed by atoms with Crippen molar-refractivity contribution in [3.8, 4) is 0 Å². The topological polar surface area (TPSA) is 75.3 Å². The highest BCUT2D eigenvalue weighted by atomic mass is 32.2. The summed E-state index contributed by atoms with van der Waals surface area (Å²) in [5, 5.41) is 7.21. The van der Waals surface area contributed by atoms with Crippen molar-refractivity contribution in [3.05, 3.63) is 11.5 Å². The van der Waals surface area contributed by atoms with Crippen molar-refractivity contribution < 1.29 is 13.2 Å². The molecule has 2 N–H and O–H groups in total. The van der Waals surface area contributed by atoms with Gasteiger partial charge in [-0.3, -0.25) is 4.79 Å². The first-order valence-corrected chi connectivity index (χ1v) is 7.56. The van der Waals surface area contributed by atoms with E-state index in [0.29, 0.717) is 0 Å². The molecule has 0 aromatic carbocycles. The summed E-state index contributed by atoms with van der Waals surface area (Å²) in [4.78, 5) is 12.1. The molecule has 0 saturated carbocycles. The highest BCUT2D eigenvalue weighted by Crippen LogP contribution is 2.28. The third kappa shape index (κ3) is 2.87. The zero-order valence-electron chi connectivity index (χ0n) is 9.90. The molecular weight excluding hydrogens is 240 g/mol. The second-order valence-electron chi connectivity index (χ2n) is 5.05. The van der Waals surface area contributed by atoms with Crippen LogP contribution in [0.5, 0.6) is 0 Å². The van der Waals surface area contributed by atoms with Gasteiger partial charge in [0.15, 0.2) is 9.84 Å². The molecule has 1 atom stereocenters. The molecule has 1 unspecified atom stereocenters. The molecular formula is C11H18N2O3S. The Balaban J connectivity index is 1.96. The number of carbonyl (C=O) groups excluding carboxylic acids is 1. The number of hydrogen-bond donors (Lipinski definition) is 2. The Kier molecular flexibility index (Phi) is 3.27. The summed E-state index contributed by atoms with van der Waals surface area (Å²) in [7, 11) is -3.10. The van der Waals surface area contributed by atoms with Crippen LogP contribution in [-0.2, 0) is 14.6 Å². The lowest BCUT2D eigenvalue weighted by atomic mass is 9.80. The van der Waals surface area contributed by atoms with Crippen LogP contribution in [0.1, 0.15) is 19.8 Å². The zero-order valence-corrected chi connectivity index (χ0v) is 10.7. The van der Waals surface area contributed by atoms with Crippen LogP contribution in [0.3, 0.4) is 0 Å². The number of sulfone groups is 1. The minimum Gasteiger partial charge on any atom is -0.348 e. The van der Waals surface area contributed by atoms with E-state index in [-0.39, 0.29) is 23.1 Å². The Morgan fingerprint density at radius 1 is 1.41 bits per heavy atom. The van der Waals surface area contributed by atoms with Crippen LogP contribution in [0.2, 0.25) is 0 Å². The van der Waals surface area contributed by atoms with E-state index >= 15 is 0 Å². The zero-order chi connectivity index (χ0) is 12.5. The van der Waals surface area contributed by atoms with Gasteiger partial charge in [-0.1, -0.05) is 6.92 Å². The Hall–Kier alpha value is -0.880. The average Bonchev–Trinajstić information content (AvgIpc) is 2.59. The lowest BCUT2D eigenvalue weighted by Gasteiger charge is -2.33. The average molecular weight is 258 g/mol. The molecule has 0 aromatic rings. The molecule has 0 aliphatic carbocycles. The maximum Gasteiger partial charge on any atom is 0.226 e. The van der Waals surface area contributed by atoms with E-state index in [9.17, 15) is 13.2 Å². The van der Waals surface area contributed by atoms with Gasteiger partial charge < -0.3 is 10.6 Å². The molecule has 0 radical (unpaired) electrons. The fraction of sp³-hybridized carbons (Fsp3) is 0.727. The monoisotopic (exact) mass is 258 g/mol. The minimum absolute atomic E-state index is 0.00687. The van der Waals surface area contributed by atoms with Crippen LogP contribution in [0.15, 0.2) is 11.5 Å². The van der Waals surface area contributed by atoms with Crippen molar-refractivity contribution in [2.24, 2.45) is 5.41 Å². The van der Waals surface area contributed by atoms with Crippen molar-refractivity contribution in [1.82, 2.24) is 10.6 Å². The predicted molar refractivity (Wildman–Crippen MR) is 65.1 cm³/mol. The third-order valence-corrected chi connectivity index (χ3v) is 4.90. The predicted octanol–water partition coefficient (Wildman–Crippen LogP) is -0.197. The van der Waals surface area contributed by atoms with Gasteiger partial charge in [-0.25, -0.2) is 8.42 Å². The van der Waals surface area contributed by atoms with Crippen molar-refractivity contribution in [1.29, 1.82) is 0 Å². The Bertz CT molecular complexity index is 436. The smallest absolute Gasteiger partial charge is 0.226 e. The second-order valence-corrected chi connectivity index (χ2v) is 6.98. The first kappa shape index (κ1) is 12.6. The molecule has 2 aliphatic heterocycles. The first-order chi connectivity index (χ1) is 7.91. The minimum atomic E-state index is -3.10. The number of hydrogen-bond acceptors (Lipinski definition) is 4. The van der Waals surface area contributed by atoms with Gasteiger partial charge in [-0.2, -0.15) is 0 Å². The lowest BCUT2D eigenvalue weighted by molar-refractivity contribution is -0.131. The maximum atomic E-state index is 12.1. The van der Waals surface area contributed by atoms with Gasteiger partial charge in [0.05, 0.1) is 11.8 Å². The lowest BCUT2D eigenvalue weighted by Crippen LogP contribution is -2.49. The Morgan fingerprint density at radius 3 is 2.59 bits per heavy atom. The summed E-state index contributed by atoms with van der Waals surface area (Å²) in [6.45, 7) is 3.61. The van der Waals surface area contributed by atoms with E-state index in [0.717, 1.165) is 25.9 Å². The van der Waals surface area contributed by atoms with Gasteiger partial charge in [0.2, 0.25) is 5.91 Å². The van der Waals surface area contributed by atoms with Crippen LogP contribution in [0.25, 0.3) is 0 Å². The van der Waals surface area contributed by atoms with E-state index in [1.54, 1.807) is 6.08 Å². The Morgan fingerprint density at radius 2 is 2.06 bits per heavy atom. The van der Waals surface area contributed by atoms with Crippen molar-refractivity contribution >= 4 is 15.7 Å². The Labute approximate surface area is 102 Å². The summed E-state index contributed by atoms with van der Waals surface area (Å²) in [5.41, 5.74) is -0.370. The van der Waals surface area contributed by atoms with Crippen LogP contribution in [0, 0.1) is 5.41 Å². The number of rotatable bonds is 2. The van der Waals surface area contributed by atoms with Crippen molar-refractivity contribution in [2.45, 2.75) is 25.8 Å². The van der Waals surface area contributed by atoms with E-state index in [1.807, 2.05) is 6.92 Å². The van der Waals surface area contributed by atoms with Crippen molar-refractivity contribution in [2.75, 3.05) is 18.8 Å². The molecule has 0 spiro atoms. The molecule has 0 bridgehead atoms. The normalized spacial score (nSPS) is 30.1. The molecule has 2 heterocycles. The number of piperidine rings is 1. The van der Waals surface area contributed by atoms with Crippen LogP contribution >= 0.6 is 0 Å². The van der Waals surface area contributed by atoms with Crippen LogP contribution < -0.4 is 10.6 Å². The molecule has 0 aromatic heterocycles. The molecule has 96 valence electrons. The second kappa shape index (κ2) is 4.42. The van der Waals surface area contributed by atoms with E-state index < -0.39 is 9.84 Å². The molecule has 5 nitrogen and oxygen atoms in total. The van der Waals surface area contributed by atoms with E-state index in [4.69, 9.17) is 0 Å². The molecule has 17 heavy (non-hydrogen) atoms. The first-order valence-electron chi connectivity index (χ1n) is 5.84. The summed E-state index contributed by atoms with van der Waals surface area (Å²) < 4.78 is 22.5. The van der Waals surface area contributed by atoms with Crippen molar-refractivity contribution in [3.63, 3.8) is 0 Å². The number of nitrogens with one attached hydrogen (secondary N) is 2. The van der Waals surface area contributed by atoms with Gasteiger partial charge in [0, 0.05) is 10.8 Å². The summed E-state index contributed by atoms with van der Waals surface area (Å²) >= 11 is 0. The fourth-order valence-electron chi connectivity index (χ4n) is 2.21. The quantitative estimate of drug-likeness (QED) is 0.719. The molecule has 6 heteroatoms. The third-order valence-electron chi connectivity index (χ3n) is 3.50. The maximum absolute atomic E-state index is 12.1. The van der Waals surface area contributed by atoms with Gasteiger partial charge in [0.1, 0.15) is 0 Å². The standard InChI is InChI=1S/C11H18N2O3S/c1-11(3-5-12-6-4-11)10(14)13-9-2-7-17(15,16)8-9/h2,7,9,12H,3-6,8H2,1H3,(H,13,14). The summed E-state index contributed by atoms with van der Waals surface area (Å²) in [6, 6.07) is -0.362. The summed E-state index contributed by atoms with van der Waals surface area (Å²) in [5.74, 6) is -0.0432. The largest absolute Gasteiger partial charge is 0.348 e. The SMILES string of the molecule is CC1(C(=O)NC2C=CS(=O)(=O)C2)CCNCC1. The fourth-order valence-corrected chi connectivity index (χ4v) is 3.45. The summed E-state index contributed by atoms with van der Waals surface area (Å²) in [6.07, 6.45) is 3.14. The van der Waals surface area contributed by atoms with Gasteiger partial charge in [-0.05, 0) is 32.0 Å². The molecule has 1 fully saturated rings. The van der Waals surface area contributed by atoms with Gasteiger partial charge in [0.25, 0.3) is 0 Å². The highest BCUT2D eigenvalue weighted by Gasteiger charge is 2.36. The number of amides is 1. The van der Waals surface area contributed by atoms with Crippen LogP contribution in [-0.4, -0.2) is 39.2 Å². The molecule has 1 amide bonds. The van der Waals surface area contributed by atoms with E-state index in [1.165, 1.54) is 5.41 Å². The van der Waals surface area contributed by atoms with Crippen LogP contribution in [0.4, 0.5) is 0 Å². The number of carbonyl (C=O) groups is 1. The van der Waals surface area contributed by atoms with Gasteiger partial charge >= 0.3 is 0 Å². The molecule has 2 aliphatic rings. The molecule has 2 rings (SSSR count). The van der Waals surface area contributed by atoms with E-state index in [2.05, 4.69) is 10.6 Å². The van der Waals surface area contributed by atoms with Gasteiger partial charge in [-0.15, -0.1) is 0 Å².